The third-order valence-electron chi connectivity index (χ3n) is 3.61. The molecule has 9 heteroatoms. The zero-order chi connectivity index (χ0) is 18.4. The number of amides is 1. The van der Waals surface area contributed by atoms with Gasteiger partial charge in [0.25, 0.3) is 5.91 Å². The third kappa shape index (κ3) is 4.19. The normalized spacial score (nSPS) is 10.5. The van der Waals surface area contributed by atoms with Crippen LogP contribution in [0, 0.1) is 6.92 Å². The Hall–Kier alpha value is -3.33. The molecule has 0 bridgehead atoms. The van der Waals surface area contributed by atoms with Crippen molar-refractivity contribution in [3.63, 3.8) is 0 Å². The standard InChI is InChI=1S/C17H19N7O2/c1-12-3-5-20-16(15(12)21-13-9-18-11-19-10-13)17(25)22-14-4-6-24(23-14)7-8-26-2/h3-6,9-11,21H,7-8H2,1-2H3,(H,22,23,25). The Morgan fingerprint density at radius 1 is 1.27 bits per heavy atom. The van der Waals surface area contributed by atoms with Crippen molar-refractivity contribution in [2.75, 3.05) is 24.4 Å². The molecule has 0 radical (unpaired) electrons. The third-order valence-corrected chi connectivity index (χ3v) is 3.61. The molecule has 0 aliphatic carbocycles. The van der Waals surface area contributed by atoms with Gasteiger partial charge in [0, 0.05) is 25.6 Å². The van der Waals surface area contributed by atoms with Crippen LogP contribution >= 0.6 is 0 Å². The van der Waals surface area contributed by atoms with Gasteiger partial charge in [-0.15, -0.1) is 0 Å². The van der Waals surface area contributed by atoms with E-state index >= 15 is 0 Å². The van der Waals surface area contributed by atoms with Crippen LogP contribution in [0.25, 0.3) is 0 Å². The lowest BCUT2D eigenvalue weighted by atomic mass is 10.1. The van der Waals surface area contributed by atoms with Gasteiger partial charge in [-0.2, -0.15) is 5.10 Å². The molecule has 3 heterocycles. The van der Waals surface area contributed by atoms with Crippen LogP contribution in [0.3, 0.4) is 0 Å². The molecule has 0 fully saturated rings. The van der Waals surface area contributed by atoms with Gasteiger partial charge >= 0.3 is 0 Å². The number of anilines is 3. The van der Waals surface area contributed by atoms with Gasteiger partial charge in [0.2, 0.25) is 0 Å². The average molecular weight is 353 g/mol. The van der Waals surface area contributed by atoms with E-state index in [0.717, 1.165) is 5.56 Å². The predicted octanol–water partition coefficient (Wildman–Crippen LogP) is 2.02. The molecule has 0 unspecified atom stereocenters. The minimum absolute atomic E-state index is 0.264. The number of hydrogen-bond acceptors (Lipinski definition) is 7. The number of nitrogens with zero attached hydrogens (tertiary/aromatic N) is 5. The van der Waals surface area contributed by atoms with Crippen molar-refractivity contribution in [3.05, 3.63) is 54.5 Å². The number of hydrogen-bond donors (Lipinski definition) is 2. The van der Waals surface area contributed by atoms with E-state index in [9.17, 15) is 4.79 Å². The molecule has 2 N–H and O–H groups in total. The zero-order valence-electron chi connectivity index (χ0n) is 14.5. The summed E-state index contributed by atoms with van der Waals surface area (Å²) >= 11 is 0. The molecule has 0 atom stereocenters. The summed E-state index contributed by atoms with van der Waals surface area (Å²) in [7, 11) is 1.63. The lowest BCUT2D eigenvalue weighted by molar-refractivity contribution is 0.102. The summed E-state index contributed by atoms with van der Waals surface area (Å²) in [5.41, 5.74) is 2.40. The molecule has 0 saturated carbocycles. The van der Waals surface area contributed by atoms with E-state index in [1.165, 1.54) is 6.33 Å². The first-order chi connectivity index (χ1) is 12.7. The maximum Gasteiger partial charge on any atom is 0.277 e. The highest BCUT2D eigenvalue weighted by Crippen LogP contribution is 2.23. The quantitative estimate of drug-likeness (QED) is 0.669. The molecule has 134 valence electrons. The van der Waals surface area contributed by atoms with Gasteiger partial charge < -0.3 is 15.4 Å². The van der Waals surface area contributed by atoms with Crippen molar-refractivity contribution in [3.8, 4) is 0 Å². The highest BCUT2D eigenvalue weighted by atomic mass is 16.5. The second kappa shape index (κ2) is 8.17. The molecule has 0 aromatic carbocycles. The lowest BCUT2D eigenvalue weighted by Crippen LogP contribution is -2.17. The van der Waals surface area contributed by atoms with Crippen molar-refractivity contribution in [1.29, 1.82) is 0 Å². The molecule has 0 aliphatic heterocycles. The summed E-state index contributed by atoms with van der Waals surface area (Å²) in [6, 6.07) is 3.55. The van der Waals surface area contributed by atoms with Crippen molar-refractivity contribution < 1.29 is 9.53 Å². The van der Waals surface area contributed by atoms with Crippen LogP contribution < -0.4 is 10.6 Å². The SMILES string of the molecule is COCCn1ccc(NC(=O)c2nccc(C)c2Nc2cncnc2)n1. The first-order valence-electron chi connectivity index (χ1n) is 7.99. The van der Waals surface area contributed by atoms with E-state index in [-0.39, 0.29) is 11.6 Å². The molecular formula is C17H19N7O2. The number of aryl methyl sites for hydroxylation is 1. The van der Waals surface area contributed by atoms with E-state index < -0.39 is 0 Å². The first-order valence-corrected chi connectivity index (χ1v) is 7.99. The monoisotopic (exact) mass is 353 g/mol. The van der Waals surface area contributed by atoms with Crippen molar-refractivity contribution >= 4 is 23.1 Å². The molecule has 0 spiro atoms. The number of aromatic nitrogens is 5. The van der Waals surface area contributed by atoms with Crippen molar-refractivity contribution in [1.82, 2.24) is 24.7 Å². The van der Waals surface area contributed by atoms with Crippen LogP contribution in [-0.2, 0) is 11.3 Å². The number of nitrogens with one attached hydrogen (secondary N) is 2. The Balaban J connectivity index is 1.79. The summed E-state index contributed by atoms with van der Waals surface area (Å²) in [4.78, 5) is 24.8. The highest BCUT2D eigenvalue weighted by Gasteiger charge is 2.16. The van der Waals surface area contributed by atoms with E-state index in [4.69, 9.17) is 4.74 Å². The van der Waals surface area contributed by atoms with Crippen LogP contribution in [0.4, 0.5) is 17.2 Å². The Bertz CT molecular complexity index is 880. The molecule has 3 rings (SSSR count). The number of pyridine rings is 1. The molecule has 26 heavy (non-hydrogen) atoms. The van der Waals surface area contributed by atoms with Crippen LogP contribution in [0.1, 0.15) is 16.1 Å². The minimum atomic E-state index is -0.356. The Morgan fingerprint density at radius 2 is 2.08 bits per heavy atom. The summed E-state index contributed by atoms with van der Waals surface area (Å²) < 4.78 is 6.71. The smallest absolute Gasteiger partial charge is 0.277 e. The number of rotatable bonds is 7. The fourth-order valence-electron chi connectivity index (χ4n) is 2.31. The topological polar surface area (TPSA) is 107 Å². The molecule has 3 aromatic heterocycles. The van der Waals surface area contributed by atoms with Gasteiger partial charge in [-0.25, -0.2) is 15.0 Å². The number of carbonyl (C=O) groups is 1. The van der Waals surface area contributed by atoms with Crippen LogP contribution in [-0.4, -0.2) is 44.4 Å². The number of ether oxygens (including phenoxy) is 1. The average Bonchev–Trinajstić information content (AvgIpc) is 3.09. The summed E-state index contributed by atoms with van der Waals surface area (Å²) in [5.74, 6) is 0.0912. The Kier molecular flexibility index (Phi) is 5.49. The molecule has 0 saturated heterocycles. The summed E-state index contributed by atoms with van der Waals surface area (Å²) in [5, 5.41) is 10.2. The van der Waals surface area contributed by atoms with Gasteiger partial charge in [-0.3, -0.25) is 9.48 Å². The van der Waals surface area contributed by atoms with Crippen LogP contribution in [0.5, 0.6) is 0 Å². The van der Waals surface area contributed by atoms with Gasteiger partial charge in [0.1, 0.15) is 6.33 Å². The second-order valence-corrected chi connectivity index (χ2v) is 5.51. The van der Waals surface area contributed by atoms with Gasteiger partial charge in [-0.1, -0.05) is 0 Å². The van der Waals surface area contributed by atoms with Gasteiger partial charge in [0.15, 0.2) is 11.5 Å². The van der Waals surface area contributed by atoms with Gasteiger partial charge in [-0.05, 0) is 18.6 Å². The van der Waals surface area contributed by atoms with E-state index in [1.807, 2.05) is 13.0 Å². The zero-order valence-corrected chi connectivity index (χ0v) is 14.5. The Morgan fingerprint density at radius 3 is 2.85 bits per heavy atom. The van der Waals surface area contributed by atoms with E-state index in [1.54, 1.807) is 42.6 Å². The molecular weight excluding hydrogens is 334 g/mol. The molecule has 1 amide bonds. The predicted molar refractivity (Wildman–Crippen MR) is 96.3 cm³/mol. The van der Waals surface area contributed by atoms with Crippen LogP contribution in [0.15, 0.2) is 43.2 Å². The Labute approximate surface area is 150 Å². The fourth-order valence-corrected chi connectivity index (χ4v) is 2.31. The maximum absolute atomic E-state index is 12.7. The maximum atomic E-state index is 12.7. The highest BCUT2D eigenvalue weighted by molar-refractivity contribution is 6.06. The lowest BCUT2D eigenvalue weighted by Gasteiger charge is -2.13. The van der Waals surface area contributed by atoms with Crippen molar-refractivity contribution in [2.45, 2.75) is 13.5 Å². The number of carbonyl (C=O) groups excluding carboxylic acids is 1. The largest absolute Gasteiger partial charge is 0.383 e. The molecule has 9 nitrogen and oxygen atoms in total. The minimum Gasteiger partial charge on any atom is -0.383 e. The van der Waals surface area contributed by atoms with Crippen molar-refractivity contribution in [2.24, 2.45) is 0 Å². The fraction of sp³-hybridized carbons (Fsp3) is 0.235. The van der Waals surface area contributed by atoms with Gasteiger partial charge in [0.05, 0.1) is 36.9 Å². The van der Waals surface area contributed by atoms with Crippen LogP contribution in [0.2, 0.25) is 0 Å². The molecule has 3 aromatic rings. The molecule has 0 aliphatic rings. The summed E-state index contributed by atoms with van der Waals surface area (Å²) in [6.45, 7) is 3.04. The van der Waals surface area contributed by atoms with E-state index in [0.29, 0.717) is 30.3 Å². The van der Waals surface area contributed by atoms with E-state index in [2.05, 4.69) is 30.7 Å². The second-order valence-electron chi connectivity index (χ2n) is 5.51. The first kappa shape index (κ1) is 17.5. The summed E-state index contributed by atoms with van der Waals surface area (Å²) in [6.07, 6.45) is 8.05. The number of methoxy groups -OCH3 is 1.